The number of benzene rings is 1. The second-order valence-electron chi connectivity index (χ2n) is 6.26. The maximum absolute atomic E-state index is 12.0. The molecule has 0 unspecified atom stereocenters. The Morgan fingerprint density at radius 2 is 2.14 bits per heavy atom. The highest BCUT2D eigenvalue weighted by atomic mass is 16.6. The molecule has 6 nitrogen and oxygen atoms in total. The van der Waals surface area contributed by atoms with Crippen LogP contribution in [0.1, 0.15) is 31.7 Å². The van der Waals surface area contributed by atoms with Crippen LogP contribution in [0.5, 0.6) is 0 Å². The van der Waals surface area contributed by atoms with E-state index in [9.17, 15) is 14.9 Å². The number of carbonyl (C=O) groups excluding carboxylic acids is 1. The summed E-state index contributed by atoms with van der Waals surface area (Å²) in [6.45, 7) is 4.90. The number of non-ortho nitro benzene ring substituents is 1. The zero-order chi connectivity index (χ0) is 16.0. The van der Waals surface area contributed by atoms with Gasteiger partial charge in [0.2, 0.25) is 5.91 Å². The number of aryl methyl sites for hydroxylation is 1. The summed E-state index contributed by atoms with van der Waals surface area (Å²) in [6, 6.07) is 6.46. The van der Waals surface area contributed by atoms with Crippen LogP contribution in [0.15, 0.2) is 24.3 Å². The van der Waals surface area contributed by atoms with Crippen molar-refractivity contribution in [3.05, 3.63) is 39.9 Å². The average molecular weight is 305 g/mol. The molecular weight excluding hydrogens is 282 g/mol. The molecule has 1 aromatic rings. The van der Waals surface area contributed by atoms with Gasteiger partial charge in [-0.2, -0.15) is 0 Å². The summed E-state index contributed by atoms with van der Waals surface area (Å²) in [5.74, 6) is 0.00580. The van der Waals surface area contributed by atoms with Gasteiger partial charge in [-0.1, -0.05) is 19.1 Å². The van der Waals surface area contributed by atoms with Gasteiger partial charge < -0.3 is 10.6 Å². The number of hydrogen-bond donors (Lipinski definition) is 2. The van der Waals surface area contributed by atoms with E-state index in [0.717, 1.165) is 31.5 Å². The van der Waals surface area contributed by atoms with Crippen molar-refractivity contribution < 1.29 is 9.72 Å². The first-order valence-electron chi connectivity index (χ1n) is 7.69. The average Bonchev–Trinajstić information content (AvgIpc) is 2.52. The van der Waals surface area contributed by atoms with E-state index in [0.29, 0.717) is 19.4 Å². The summed E-state index contributed by atoms with van der Waals surface area (Å²) in [4.78, 5) is 22.3. The smallest absolute Gasteiger partial charge is 0.269 e. The maximum Gasteiger partial charge on any atom is 0.269 e. The lowest BCUT2D eigenvalue weighted by Gasteiger charge is -2.34. The van der Waals surface area contributed by atoms with Crippen molar-refractivity contribution in [1.29, 1.82) is 0 Å². The molecular formula is C16H23N3O3. The molecule has 22 heavy (non-hydrogen) atoms. The highest BCUT2D eigenvalue weighted by molar-refractivity contribution is 5.76. The van der Waals surface area contributed by atoms with E-state index in [-0.39, 0.29) is 17.0 Å². The Kier molecular flexibility index (Phi) is 5.49. The van der Waals surface area contributed by atoms with Crippen LogP contribution in [0.25, 0.3) is 0 Å². The zero-order valence-electron chi connectivity index (χ0n) is 12.9. The zero-order valence-corrected chi connectivity index (χ0v) is 12.9. The lowest BCUT2D eigenvalue weighted by atomic mass is 9.81. The summed E-state index contributed by atoms with van der Waals surface area (Å²) < 4.78 is 0. The lowest BCUT2D eigenvalue weighted by Crippen LogP contribution is -2.42. The first-order chi connectivity index (χ1) is 10.5. The number of nitrogens with one attached hydrogen (secondary N) is 2. The molecule has 6 heteroatoms. The van der Waals surface area contributed by atoms with Gasteiger partial charge in [0.15, 0.2) is 0 Å². The minimum absolute atomic E-state index is 0.00580. The first kappa shape index (κ1) is 16.4. The van der Waals surface area contributed by atoms with Gasteiger partial charge in [-0.3, -0.25) is 14.9 Å². The van der Waals surface area contributed by atoms with Gasteiger partial charge in [0.25, 0.3) is 5.69 Å². The molecule has 0 aromatic heterocycles. The van der Waals surface area contributed by atoms with Crippen molar-refractivity contribution in [3.63, 3.8) is 0 Å². The summed E-state index contributed by atoms with van der Waals surface area (Å²) in [7, 11) is 0. The van der Waals surface area contributed by atoms with E-state index in [1.54, 1.807) is 6.07 Å². The van der Waals surface area contributed by atoms with Crippen LogP contribution in [0.4, 0.5) is 5.69 Å². The number of nitro benzene ring substituents is 1. The molecule has 0 radical (unpaired) electrons. The monoisotopic (exact) mass is 305 g/mol. The fourth-order valence-corrected chi connectivity index (χ4v) is 2.69. The van der Waals surface area contributed by atoms with Crippen molar-refractivity contribution in [2.75, 3.05) is 19.6 Å². The maximum atomic E-state index is 12.0. The van der Waals surface area contributed by atoms with Crippen molar-refractivity contribution in [3.8, 4) is 0 Å². The van der Waals surface area contributed by atoms with Crippen molar-refractivity contribution in [2.45, 2.75) is 32.6 Å². The topological polar surface area (TPSA) is 84.3 Å². The molecule has 1 aliphatic heterocycles. The fourth-order valence-electron chi connectivity index (χ4n) is 2.69. The number of carbonyl (C=O) groups is 1. The van der Waals surface area contributed by atoms with Crippen molar-refractivity contribution >= 4 is 11.6 Å². The van der Waals surface area contributed by atoms with Crippen molar-refractivity contribution in [1.82, 2.24) is 10.6 Å². The minimum Gasteiger partial charge on any atom is -0.356 e. The summed E-state index contributed by atoms with van der Waals surface area (Å²) in [5.41, 5.74) is 1.06. The standard InChI is InChI=1S/C16H23N3O3/c1-16(7-9-17-10-8-16)12-18-15(20)6-5-13-3-2-4-14(11-13)19(21)22/h2-4,11,17H,5-10,12H2,1H3,(H,18,20). The minimum atomic E-state index is -0.415. The molecule has 120 valence electrons. The predicted octanol–water partition coefficient (Wildman–Crippen LogP) is 2.03. The van der Waals surface area contributed by atoms with Gasteiger partial charge in [0, 0.05) is 25.1 Å². The fraction of sp³-hybridized carbons (Fsp3) is 0.562. The summed E-state index contributed by atoms with van der Waals surface area (Å²) in [6.07, 6.45) is 3.01. The van der Waals surface area contributed by atoms with Crippen LogP contribution >= 0.6 is 0 Å². The molecule has 1 aliphatic rings. The van der Waals surface area contributed by atoms with Crippen LogP contribution < -0.4 is 10.6 Å². The van der Waals surface area contributed by atoms with Crippen LogP contribution in [-0.2, 0) is 11.2 Å². The third-order valence-electron chi connectivity index (χ3n) is 4.29. The summed E-state index contributed by atoms with van der Waals surface area (Å²) >= 11 is 0. The molecule has 0 saturated carbocycles. The molecule has 0 spiro atoms. The molecule has 2 rings (SSSR count). The number of nitrogens with zero attached hydrogens (tertiary/aromatic N) is 1. The second-order valence-corrected chi connectivity index (χ2v) is 6.26. The highest BCUT2D eigenvalue weighted by Gasteiger charge is 2.26. The quantitative estimate of drug-likeness (QED) is 0.622. The van der Waals surface area contributed by atoms with Crippen LogP contribution in [-0.4, -0.2) is 30.5 Å². The Hall–Kier alpha value is -1.95. The predicted molar refractivity (Wildman–Crippen MR) is 84.6 cm³/mol. The van der Waals surface area contributed by atoms with E-state index < -0.39 is 4.92 Å². The van der Waals surface area contributed by atoms with E-state index in [4.69, 9.17) is 0 Å². The molecule has 1 fully saturated rings. The molecule has 0 aliphatic carbocycles. The summed E-state index contributed by atoms with van der Waals surface area (Å²) in [5, 5.41) is 17.0. The van der Waals surface area contributed by atoms with E-state index in [1.807, 2.05) is 6.07 Å². The third kappa shape index (κ3) is 4.80. The normalized spacial score (nSPS) is 17.0. The third-order valence-corrected chi connectivity index (χ3v) is 4.29. The molecule has 0 atom stereocenters. The van der Waals surface area contributed by atoms with E-state index in [1.165, 1.54) is 12.1 Å². The molecule has 1 aromatic carbocycles. The Balaban J connectivity index is 1.78. The number of amides is 1. The van der Waals surface area contributed by atoms with Gasteiger partial charge in [0.05, 0.1) is 4.92 Å². The van der Waals surface area contributed by atoms with Gasteiger partial charge in [-0.25, -0.2) is 0 Å². The highest BCUT2D eigenvalue weighted by Crippen LogP contribution is 2.26. The number of hydrogen-bond acceptors (Lipinski definition) is 4. The number of rotatable bonds is 6. The number of nitro groups is 1. The Labute approximate surface area is 130 Å². The Morgan fingerprint density at radius 1 is 1.41 bits per heavy atom. The lowest BCUT2D eigenvalue weighted by molar-refractivity contribution is -0.384. The van der Waals surface area contributed by atoms with Gasteiger partial charge >= 0.3 is 0 Å². The molecule has 1 saturated heterocycles. The van der Waals surface area contributed by atoms with Gasteiger partial charge in [0.1, 0.15) is 0 Å². The SMILES string of the molecule is CC1(CNC(=O)CCc2cccc([N+](=O)[O-])c2)CCNCC1. The second kappa shape index (κ2) is 7.35. The molecule has 2 N–H and O–H groups in total. The number of piperidine rings is 1. The van der Waals surface area contributed by atoms with Crippen molar-refractivity contribution in [2.24, 2.45) is 5.41 Å². The molecule has 1 heterocycles. The van der Waals surface area contributed by atoms with Crippen LogP contribution in [0.3, 0.4) is 0 Å². The Morgan fingerprint density at radius 3 is 2.82 bits per heavy atom. The van der Waals surface area contributed by atoms with E-state index in [2.05, 4.69) is 17.6 Å². The van der Waals surface area contributed by atoms with E-state index >= 15 is 0 Å². The first-order valence-corrected chi connectivity index (χ1v) is 7.69. The Bertz CT molecular complexity index is 539. The van der Waals surface area contributed by atoms with Crippen LogP contribution in [0.2, 0.25) is 0 Å². The molecule has 1 amide bonds. The van der Waals surface area contributed by atoms with Gasteiger partial charge in [-0.15, -0.1) is 0 Å². The molecule has 0 bridgehead atoms. The van der Waals surface area contributed by atoms with Gasteiger partial charge in [-0.05, 0) is 43.3 Å². The largest absolute Gasteiger partial charge is 0.356 e. The van der Waals surface area contributed by atoms with Crippen LogP contribution in [0, 0.1) is 15.5 Å².